The van der Waals surface area contributed by atoms with Gasteiger partial charge in [-0.15, -0.1) is 10.2 Å². The maximum Gasteiger partial charge on any atom is 0.362 e. The lowest BCUT2D eigenvalue weighted by molar-refractivity contribution is 0.0519. The average Bonchev–Trinajstić information content (AvgIpc) is 3.29. The van der Waals surface area contributed by atoms with Gasteiger partial charge in [-0.3, -0.25) is 9.89 Å². The number of fused-ring (bicyclic) bond motifs is 4. The number of H-pyrrole nitrogens is 2. The number of nitrogens with one attached hydrogen (secondary N) is 2. The molecule has 4 aromatic heterocycles. The highest BCUT2D eigenvalue weighted by atomic mass is 35.5. The molecule has 150 valence electrons. The number of anilines is 1. The van der Waals surface area contributed by atoms with Crippen molar-refractivity contribution in [1.82, 2.24) is 35.0 Å². The van der Waals surface area contributed by atoms with Crippen molar-refractivity contribution < 1.29 is 9.53 Å². The predicted molar refractivity (Wildman–Crippen MR) is 109 cm³/mol. The molecular weight excluding hydrogens is 412 g/mol. The largest absolute Gasteiger partial charge is 0.461 e. The van der Waals surface area contributed by atoms with Gasteiger partial charge in [0.15, 0.2) is 22.8 Å². The molecule has 0 radical (unpaired) electrons. The van der Waals surface area contributed by atoms with Crippen LogP contribution in [-0.2, 0) is 4.74 Å². The fourth-order valence-electron chi connectivity index (χ4n) is 3.37. The summed E-state index contributed by atoms with van der Waals surface area (Å²) in [6.45, 7) is 1.84. The smallest absolute Gasteiger partial charge is 0.362 e. The zero-order chi connectivity index (χ0) is 21.0. The van der Waals surface area contributed by atoms with Gasteiger partial charge in [0.2, 0.25) is 5.69 Å². The third-order valence-electron chi connectivity index (χ3n) is 4.65. The van der Waals surface area contributed by atoms with Crippen LogP contribution in [0.1, 0.15) is 17.4 Å². The molecule has 5 aromatic rings. The van der Waals surface area contributed by atoms with Crippen LogP contribution in [0.3, 0.4) is 0 Å². The van der Waals surface area contributed by atoms with Crippen LogP contribution < -0.4 is 11.3 Å². The Kier molecular flexibility index (Phi) is 3.93. The molecule has 0 unspecified atom stereocenters. The summed E-state index contributed by atoms with van der Waals surface area (Å²) in [4.78, 5) is 29.0. The number of rotatable bonds is 3. The molecule has 0 fully saturated rings. The lowest BCUT2D eigenvalue weighted by atomic mass is 10.0. The van der Waals surface area contributed by atoms with Gasteiger partial charge >= 0.3 is 5.97 Å². The van der Waals surface area contributed by atoms with E-state index < -0.39 is 11.5 Å². The molecule has 30 heavy (non-hydrogen) atoms. The van der Waals surface area contributed by atoms with E-state index in [0.717, 1.165) is 0 Å². The van der Waals surface area contributed by atoms with Crippen LogP contribution in [0.4, 0.5) is 5.82 Å². The van der Waals surface area contributed by atoms with E-state index in [9.17, 15) is 9.59 Å². The van der Waals surface area contributed by atoms with Crippen molar-refractivity contribution in [3.63, 3.8) is 0 Å². The zero-order valence-electron chi connectivity index (χ0n) is 15.4. The number of esters is 1. The number of nitrogens with two attached hydrogens (primary N) is 1. The Morgan fingerprint density at radius 3 is 2.73 bits per heavy atom. The lowest BCUT2D eigenvalue weighted by Crippen LogP contribution is -2.15. The van der Waals surface area contributed by atoms with Gasteiger partial charge in [0, 0.05) is 10.6 Å². The number of hydrogen-bond donors (Lipinski definition) is 3. The monoisotopic (exact) mass is 424 g/mol. The summed E-state index contributed by atoms with van der Waals surface area (Å²) in [5.41, 5.74) is 7.74. The van der Waals surface area contributed by atoms with Crippen LogP contribution in [-0.4, -0.2) is 47.6 Å². The minimum absolute atomic E-state index is 0.0000517. The summed E-state index contributed by atoms with van der Waals surface area (Å²) < 4.78 is 6.35. The van der Waals surface area contributed by atoms with Crippen LogP contribution in [0.25, 0.3) is 38.8 Å². The number of aromatic amines is 2. The Morgan fingerprint density at radius 2 is 2.00 bits per heavy atom. The summed E-state index contributed by atoms with van der Waals surface area (Å²) in [5, 5.41) is 18.9. The molecule has 0 atom stereocenters. The maximum absolute atomic E-state index is 12.5. The third-order valence-corrected chi connectivity index (χ3v) is 4.90. The second-order valence-corrected chi connectivity index (χ2v) is 6.83. The molecule has 0 aliphatic rings. The van der Waals surface area contributed by atoms with Gasteiger partial charge < -0.3 is 10.5 Å². The molecule has 0 amide bonds. The summed E-state index contributed by atoms with van der Waals surface area (Å²) in [6, 6.07) is 6.97. The second-order valence-electron chi connectivity index (χ2n) is 6.39. The molecule has 5 rings (SSSR count). The molecular formula is C18H13ClN8O3. The van der Waals surface area contributed by atoms with E-state index in [-0.39, 0.29) is 29.4 Å². The van der Waals surface area contributed by atoms with E-state index in [2.05, 4.69) is 30.5 Å². The van der Waals surface area contributed by atoms with Crippen molar-refractivity contribution in [3.8, 4) is 11.1 Å². The number of nitrogen functional groups attached to an aromatic ring is 1. The Hall–Kier alpha value is -3.99. The molecule has 11 nitrogen and oxygen atoms in total. The fraction of sp³-hybridized carbons (Fsp3) is 0.111. The molecule has 0 saturated heterocycles. The van der Waals surface area contributed by atoms with Gasteiger partial charge in [0.25, 0.3) is 5.56 Å². The van der Waals surface area contributed by atoms with Crippen LogP contribution in [0.5, 0.6) is 0 Å². The Morgan fingerprint density at radius 1 is 1.23 bits per heavy atom. The summed E-state index contributed by atoms with van der Waals surface area (Å²) >= 11 is 6.03. The van der Waals surface area contributed by atoms with E-state index >= 15 is 0 Å². The third kappa shape index (κ3) is 2.52. The van der Waals surface area contributed by atoms with Gasteiger partial charge in [-0.05, 0) is 24.6 Å². The van der Waals surface area contributed by atoms with E-state index in [0.29, 0.717) is 32.6 Å². The standard InChI is InChI=1S/C18H13ClN8O3/c1-2-30-18(29)12-13(20)27-16(24-22-12)10-9(7-3-5-8(19)6-4-7)11-14(21-15(10)26-27)23-25-17(11)28/h3-6H,2,20H2,1H3,(H,25,28)(H,21,23,26). The highest BCUT2D eigenvalue weighted by Crippen LogP contribution is 2.35. The molecule has 0 bridgehead atoms. The number of nitrogens with zero attached hydrogens (tertiary/aromatic N) is 5. The molecule has 0 saturated carbocycles. The van der Waals surface area contributed by atoms with E-state index in [1.165, 1.54) is 4.52 Å². The highest BCUT2D eigenvalue weighted by molar-refractivity contribution is 6.30. The number of halogens is 1. The maximum atomic E-state index is 12.5. The van der Waals surface area contributed by atoms with Crippen molar-refractivity contribution in [1.29, 1.82) is 0 Å². The first-order valence-electron chi connectivity index (χ1n) is 8.87. The van der Waals surface area contributed by atoms with Crippen molar-refractivity contribution >= 4 is 51.1 Å². The Bertz CT molecular complexity index is 1520. The van der Waals surface area contributed by atoms with Crippen molar-refractivity contribution in [2.45, 2.75) is 6.92 Å². The lowest BCUT2D eigenvalue weighted by Gasteiger charge is -2.06. The van der Waals surface area contributed by atoms with E-state index in [1.54, 1.807) is 31.2 Å². The fourth-order valence-corrected chi connectivity index (χ4v) is 3.50. The number of hydrogen-bond acceptors (Lipinski definition) is 8. The Labute approximate surface area is 171 Å². The first-order chi connectivity index (χ1) is 14.5. The Balaban J connectivity index is 1.92. The van der Waals surface area contributed by atoms with Gasteiger partial charge in [-0.1, -0.05) is 23.7 Å². The van der Waals surface area contributed by atoms with E-state index in [4.69, 9.17) is 22.1 Å². The molecule has 12 heteroatoms. The molecule has 1 aromatic carbocycles. The van der Waals surface area contributed by atoms with Crippen LogP contribution in [0, 0.1) is 0 Å². The summed E-state index contributed by atoms with van der Waals surface area (Å²) in [5.74, 6) is -0.696. The number of pyridine rings is 1. The number of carbonyl (C=O) groups excluding carboxylic acids is 1. The zero-order valence-corrected chi connectivity index (χ0v) is 16.2. The van der Waals surface area contributed by atoms with Gasteiger partial charge in [0.05, 0.1) is 17.4 Å². The molecule has 4 N–H and O–H groups in total. The number of aromatic nitrogens is 7. The minimum Gasteiger partial charge on any atom is -0.461 e. The average molecular weight is 425 g/mol. The van der Waals surface area contributed by atoms with Crippen molar-refractivity contribution in [2.75, 3.05) is 12.3 Å². The van der Waals surface area contributed by atoms with Gasteiger partial charge in [-0.25, -0.2) is 19.4 Å². The van der Waals surface area contributed by atoms with Crippen LogP contribution >= 0.6 is 11.6 Å². The second kappa shape index (κ2) is 6.52. The normalized spacial score (nSPS) is 11.5. The summed E-state index contributed by atoms with van der Waals surface area (Å²) in [7, 11) is 0. The van der Waals surface area contributed by atoms with Gasteiger partial charge in [-0.2, -0.15) is 5.10 Å². The molecule has 0 aliphatic heterocycles. The quantitative estimate of drug-likeness (QED) is 0.370. The number of carbonyl (C=O) groups is 1. The van der Waals surface area contributed by atoms with Gasteiger partial charge in [0.1, 0.15) is 0 Å². The first kappa shape index (κ1) is 18.1. The first-order valence-corrected chi connectivity index (χ1v) is 9.25. The topological polar surface area (TPSA) is 157 Å². The van der Waals surface area contributed by atoms with Crippen molar-refractivity contribution in [3.05, 3.63) is 45.3 Å². The summed E-state index contributed by atoms with van der Waals surface area (Å²) in [6.07, 6.45) is 0. The highest BCUT2D eigenvalue weighted by Gasteiger charge is 2.24. The molecule has 0 aliphatic carbocycles. The van der Waals surface area contributed by atoms with Crippen LogP contribution in [0.2, 0.25) is 5.02 Å². The molecule has 4 heterocycles. The number of ether oxygens (including phenoxy) is 1. The van der Waals surface area contributed by atoms with Crippen molar-refractivity contribution in [2.24, 2.45) is 0 Å². The minimum atomic E-state index is -0.696. The SMILES string of the molecule is CCOC(=O)c1nnc2c3c(-c4ccc(Cl)cc4)c4c(=O)[nH]nc4nc3[nH]n2c1N. The van der Waals surface area contributed by atoms with Crippen LogP contribution in [0.15, 0.2) is 29.1 Å². The molecule has 0 spiro atoms. The predicted octanol–water partition coefficient (Wildman–Crippen LogP) is 1.92. The van der Waals surface area contributed by atoms with E-state index in [1.807, 2.05) is 0 Å². The number of benzene rings is 1.